The number of hydrogen-bond acceptors (Lipinski definition) is 3. The molecule has 4 nitrogen and oxygen atoms in total. The Labute approximate surface area is 194 Å². The second-order valence-corrected chi connectivity index (χ2v) is 7.97. The van der Waals surface area contributed by atoms with Crippen LogP contribution in [0.5, 0.6) is 11.5 Å². The Morgan fingerprint density at radius 2 is 1.73 bits per heavy atom. The molecule has 0 radical (unpaired) electrons. The maximum atomic E-state index is 12.8. The third-order valence-corrected chi connectivity index (χ3v) is 5.49. The Morgan fingerprint density at radius 1 is 0.909 bits per heavy atom. The lowest BCUT2D eigenvalue weighted by Gasteiger charge is -2.13. The fourth-order valence-electron chi connectivity index (χ4n) is 3.63. The second-order valence-electron chi connectivity index (χ2n) is 7.97. The summed E-state index contributed by atoms with van der Waals surface area (Å²) in [6, 6.07) is 23.5. The van der Waals surface area contributed by atoms with Gasteiger partial charge in [0.05, 0.1) is 7.11 Å². The Balaban J connectivity index is 1.50. The molecule has 0 unspecified atom stereocenters. The van der Waals surface area contributed by atoms with E-state index in [0.717, 1.165) is 39.4 Å². The van der Waals surface area contributed by atoms with E-state index in [9.17, 15) is 4.79 Å². The van der Waals surface area contributed by atoms with E-state index in [1.54, 1.807) is 13.2 Å². The highest BCUT2D eigenvalue weighted by Crippen LogP contribution is 2.25. The number of benzene rings is 3. The van der Waals surface area contributed by atoms with Crippen LogP contribution in [0.25, 0.3) is 11.8 Å². The predicted octanol–water partition coefficient (Wildman–Crippen LogP) is 6.58. The average molecular weight is 438 g/mol. The zero-order valence-electron chi connectivity index (χ0n) is 19.1. The molecule has 0 saturated carbocycles. The molecule has 0 aliphatic heterocycles. The van der Waals surface area contributed by atoms with Crippen molar-refractivity contribution in [2.24, 2.45) is 0 Å². The van der Waals surface area contributed by atoms with Gasteiger partial charge < -0.3 is 14.0 Å². The Morgan fingerprint density at radius 3 is 2.52 bits per heavy atom. The molecule has 1 aromatic heterocycles. The Kier molecular flexibility index (Phi) is 6.75. The van der Waals surface area contributed by atoms with Gasteiger partial charge in [-0.3, -0.25) is 4.79 Å². The van der Waals surface area contributed by atoms with E-state index in [1.165, 1.54) is 0 Å². The first-order valence-electron chi connectivity index (χ1n) is 10.9. The third-order valence-electron chi connectivity index (χ3n) is 5.49. The van der Waals surface area contributed by atoms with Gasteiger partial charge in [0.2, 0.25) is 0 Å². The van der Waals surface area contributed by atoms with Gasteiger partial charge >= 0.3 is 0 Å². The number of ketones is 1. The molecule has 0 bridgehead atoms. The van der Waals surface area contributed by atoms with Gasteiger partial charge in [-0.1, -0.05) is 36.4 Å². The number of rotatable bonds is 8. The van der Waals surface area contributed by atoms with E-state index < -0.39 is 0 Å². The standard InChI is InChI=1S/C29H27NO3/c1-21-9-10-22(2)29(17-21)33-20-25-18-23(12-14-28(25)32-3)11-13-27(31)24-7-6-8-26(19-24)30-15-4-5-16-30/h4-19H,20H2,1-3H3/b13-11+. The minimum absolute atomic E-state index is 0.0481. The second kappa shape index (κ2) is 10.0. The van der Waals surface area contributed by atoms with Crippen molar-refractivity contribution in [2.45, 2.75) is 20.5 Å². The van der Waals surface area contributed by atoms with Crippen LogP contribution in [-0.2, 0) is 6.61 Å². The van der Waals surface area contributed by atoms with Crippen molar-refractivity contribution in [3.05, 3.63) is 119 Å². The molecule has 0 spiro atoms. The molecule has 0 aliphatic rings. The topological polar surface area (TPSA) is 40.5 Å². The molecule has 0 amide bonds. The molecule has 4 rings (SSSR count). The zero-order chi connectivity index (χ0) is 23.2. The monoisotopic (exact) mass is 437 g/mol. The normalized spacial score (nSPS) is 11.0. The highest BCUT2D eigenvalue weighted by molar-refractivity contribution is 6.07. The molecule has 0 saturated heterocycles. The maximum Gasteiger partial charge on any atom is 0.185 e. The van der Waals surface area contributed by atoms with Gasteiger partial charge in [-0.05, 0) is 79.1 Å². The van der Waals surface area contributed by atoms with Crippen molar-refractivity contribution in [1.29, 1.82) is 0 Å². The van der Waals surface area contributed by atoms with Crippen molar-refractivity contribution in [1.82, 2.24) is 4.57 Å². The van der Waals surface area contributed by atoms with Crippen molar-refractivity contribution < 1.29 is 14.3 Å². The first kappa shape index (κ1) is 22.2. The molecule has 4 aromatic rings. The number of carbonyl (C=O) groups excluding carboxylic acids is 1. The van der Waals surface area contributed by atoms with Gasteiger partial charge in [0, 0.05) is 29.2 Å². The highest BCUT2D eigenvalue weighted by Gasteiger charge is 2.08. The van der Waals surface area contributed by atoms with Gasteiger partial charge in [0.25, 0.3) is 0 Å². The summed E-state index contributed by atoms with van der Waals surface area (Å²) < 4.78 is 13.6. The van der Waals surface area contributed by atoms with Crippen LogP contribution in [0.1, 0.15) is 32.6 Å². The SMILES string of the molecule is COc1ccc(/C=C/C(=O)c2cccc(-n3cccc3)c2)cc1COc1cc(C)ccc1C. The van der Waals surface area contributed by atoms with Crippen LogP contribution in [0.4, 0.5) is 0 Å². The molecular weight excluding hydrogens is 410 g/mol. The molecule has 4 heteroatoms. The molecule has 0 N–H and O–H groups in total. The number of aromatic nitrogens is 1. The predicted molar refractivity (Wildman–Crippen MR) is 132 cm³/mol. The molecule has 166 valence electrons. The first-order chi connectivity index (χ1) is 16.0. The Hall–Kier alpha value is -4.05. The summed E-state index contributed by atoms with van der Waals surface area (Å²) in [4.78, 5) is 12.8. The molecule has 3 aromatic carbocycles. The smallest absolute Gasteiger partial charge is 0.185 e. The van der Waals surface area contributed by atoms with E-state index in [0.29, 0.717) is 12.2 Å². The zero-order valence-corrected chi connectivity index (χ0v) is 19.1. The van der Waals surface area contributed by atoms with Crippen LogP contribution < -0.4 is 9.47 Å². The van der Waals surface area contributed by atoms with E-state index in [1.807, 2.05) is 97.5 Å². The molecule has 0 aliphatic carbocycles. The van der Waals surface area contributed by atoms with Crippen molar-refractivity contribution in [3.63, 3.8) is 0 Å². The number of aryl methyl sites for hydroxylation is 2. The largest absolute Gasteiger partial charge is 0.496 e. The molecule has 1 heterocycles. The Bertz CT molecular complexity index is 1290. The van der Waals surface area contributed by atoms with E-state index in [4.69, 9.17) is 9.47 Å². The number of allylic oxidation sites excluding steroid dienone is 1. The van der Waals surface area contributed by atoms with Crippen LogP contribution in [0, 0.1) is 13.8 Å². The molecule has 0 atom stereocenters. The summed E-state index contributed by atoms with van der Waals surface area (Å²) >= 11 is 0. The summed E-state index contributed by atoms with van der Waals surface area (Å²) in [5, 5.41) is 0. The number of carbonyl (C=O) groups is 1. The quantitative estimate of drug-likeness (QED) is 0.231. The van der Waals surface area contributed by atoms with Crippen molar-refractivity contribution in [3.8, 4) is 17.2 Å². The minimum atomic E-state index is -0.0481. The summed E-state index contributed by atoms with van der Waals surface area (Å²) in [7, 11) is 1.65. The maximum absolute atomic E-state index is 12.8. The molecule has 0 fully saturated rings. The van der Waals surface area contributed by atoms with E-state index in [2.05, 4.69) is 12.1 Å². The number of nitrogens with zero attached hydrogens (tertiary/aromatic N) is 1. The van der Waals surface area contributed by atoms with Gasteiger partial charge in [-0.15, -0.1) is 0 Å². The number of methoxy groups -OCH3 is 1. The van der Waals surface area contributed by atoms with Crippen LogP contribution in [0.2, 0.25) is 0 Å². The average Bonchev–Trinajstić information content (AvgIpc) is 3.38. The van der Waals surface area contributed by atoms with Gasteiger partial charge in [-0.2, -0.15) is 0 Å². The van der Waals surface area contributed by atoms with Gasteiger partial charge in [0.15, 0.2) is 5.78 Å². The van der Waals surface area contributed by atoms with Crippen LogP contribution in [0.15, 0.2) is 91.3 Å². The summed E-state index contributed by atoms with van der Waals surface area (Å²) in [5.41, 5.74) is 5.66. The van der Waals surface area contributed by atoms with E-state index in [-0.39, 0.29) is 5.78 Å². The van der Waals surface area contributed by atoms with Crippen LogP contribution in [-0.4, -0.2) is 17.5 Å². The first-order valence-corrected chi connectivity index (χ1v) is 10.9. The fraction of sp³-hybridized carbons (Fsp3) is 0.138. The van der Waals surface area contributed by atoms with Crippen molar-refractivity contribution >= 4 is 11.9 Å². The minimum Gasteiger partial charge on any atom is -0.496 e. The van der Waals surface area contributed by atoms with Crippen LogP contribution >= 0.6 is 0 Å². The number of ether oxygens (including phenoxy) is 2. The van der Waals surface area contributed by atoms with Crippen LogP contribution in [0.3, 0.4) is 0 Å². The number of hydrogen-bond donors (Lipinski definition) is 0. The lowest BCUT2D eigenvalue weighted by Crippen LogP contribution is -2.01. The lowest BCUT2D eigenvalue weighted by molar-refractivity contribution is 0.104. The molecule has 33 heavy (non-hydrogen) atoms. The molecular formula is C29H27NO3. The highest BCUT2D eigenvalue weighted by atomic mass is 16.5. The van der Waals surface area contributed by atoms with E-state index >= 15 is 0 Å². The summed E-state index contributed by atoms with van der Waals surface area (Å²) in [5.74, 6) is 1.56. The fourth-order valence-corrected chi connectivity index (χ4v) is 3.63. The third kappa shape index (κ3) is 5.42. The summed E-state index contributed by atoms with van der Waals surface area (Å²) in [6.45, 7) is 4.45. The lowest BCUT2D eigenvalue weighted by atomic mass is 10.1. The van der Waals surface area contributed by atoms with Gasteiger partial charge in [0.1, 0.15) is 18.1 Å². The van der Waals surface area contributed by atoms with Gasteiger partial charge in [-0.25, -0.2) is 0 Å². The van der Waals surface area contributed by atoms with Crippen molar-refractivity contribution in [2.75, 3.05) is 7.11 Å². The summed E-state index contributed by atoms with van der Waals surface area (Å²) in [6.07, 6.45) is 7.34.